The maximum atomic E-state index is 11.8. The van der Waals surface area contributed by atoms with Gasteiger partial charge in [-0.2, -0.15) is 11.3 Å². The standard InChI is InChI=1S/C14H18N2O3S/c17-7-4-2-1-3-6-15-14(18)12-9-13(19-16-12)11-5-8-20-10-11/h5,8-10,17H,1-4,6-7H2,(H,15,18). The largest absolute Gasteiger partial charge is 0.396 e. The first-order chi connectivity index (χ1) is 9.81. The summed E-state index contributed by atoms with van der Waals surface area (Å²) in [7, 11) is 0. The highest BCUT2D eigenvalue weighted by Gasteiger charge is 2.13. The van der Waals surface area contributed by atoms with E-state index in [4.69, 9.17) is 9.63 Å². The molecule has 0 fully saturated rings. The number of hydrogen-bond acceptors (Lipinski definition) is 5. The van der Waals surface area contributed by atoms with E-state index in [1.807, 2.05) is 16.8 Å². The Morgan fingerprint density at radius 3 is 2.95 bits per heavy atom. The summed E-state index contributed by atoms with van der Waals surface area (Å²) in [5.74, 6) is 0.400. The first kappa shape index (κ1) is 14.7. The molecular formula is C14H18N2O3S. The smallest absolute Gasteiger partial charge is 0.273 e. The van der Waals surface area contributed by atoms with Gasteiger partial charge in [-0.3, -0.25) is 4.79 Å². The third-order valence-electron chi connectivity index (χ3n) is 2.92. The van der Waals surface area contributed by atoms with Crippen LogP contribution < -0.4 is 5.32 Å². The molecule has 5 nitrogen and oxygen atoms in total. The highest BCUT2D eigenvalue weighted by atomic mass is 32.1. The summed E-state index contributed by atoms with van der Waals surface area (Å²) in [5.41, 5.74) is 1.24. The van der Waals surface area contributed by atoms with Gasteiger partial charge < -0.3 is 14.9 Å². The molecule has 108 valence electrons. The average molecular weight is 294 g/mol. The first-order valence-corrected chi connectivity index (χ1v) is 7.64. The van der Waals surface area contributed by atoms with E-state index in [0.717, 1.165) is 31.2 Å². The lowest BCUT2D eigenvalue weighted by Crippen LogP contribution is -2.24. The average Bonchev–Trinajstić information content (AvgIpc) is 3.12. The number of carbonyl (C=O) groups excluding carboxylic acids is 1. The summed E-state index contributed by atoms with van der Waals surface area (Å²) in [5, 5.41) is 19.1. The minimum atomic E-state index is -0.211. The second-order valence-corrected chi connectivity index (χ2v) is 5.26. The van der Waals surface area contributed by atoms with Gasteiger partial charge >= 0.3 is 0 Å². The lowest BCUT2D eigenvalue weighted by atomic mass is 10.2. The van der Waals surface area contributed by atoms with Crippen LogP contribution in [0.5, 0.6) is 0 Å². The summed E-state index contributed by atoms with van der Waals surface area (Å²) < 4.78 is 5.16. The molecule has 2 rings (SSSR count). The van der Waals surface area contributed by atoms with Gasteiger partial charge in [-0.25, -0.2) is 0 Å². The summed E-state index contributed by atoms with van der Waals surface area (Å²) in [6, 6.07) is 3.58. The molecule has 20 heavy (non-hydrogen) atoms. The minimum absolute atomic E-state index is 0.211. The maximum absolute atomic E-state index is 11.8. The number of thiophene rings is 1. The molecule has 0 unspecified atom stereocenters. The number of unbranched alkanes of at least 4 members (excludes halogenated alkanes) is 3. The monoisotopic (exact) mass is 294 g/mol. The van der Waals surface area contributed by atoms with Crippen LogP contribution in [0.3, 0.4) is 0 Å². The number of rotatable bonds is 8. The van der Waals surface area contributed by atoms with Crippen molar-refractivity contribution in [2.45, 2.75) is 25.7 Å². The number of carbonyl (C=O) groups is 1. The minimum Gasteiger partial charge on any atom is -0.396 e. The molecule has 0 aliphatic carbocycles. The van der Waals surface area contributed by atoms with Crippen LogP contribution in [0.1, 0.15) is 36.2 Å². The Hall–Kier alpha value is -1.66. The molecule has 2 N–H and O–H groups in total. The van der Waals surface area contributed by atoms with Gasteiger partial charge in [0.15, 0.2) is 11.5 Å². The van der Waals surface area contributed by atoms with Crippen LogP contribution in [0.25, 0.3) is 11.3 Å². The van der Waals surface area contributed by atoms with Gasteiger partial charge in [0.1, 0.15) is 0 Å². The van der Waals surface area contributed by atoms with E-state index in [-0.39, 0.29) is 12.5 Å². The fourth-order valence-electron chi connectivity index (χ4n) is 1.81. The highest BCUT2D eigenvalue weighted by molar-refractivity contribution is 7.08. The predicted octanol–water partition coefficient (Wildman–Crippen LogP) is 2.69. The Labute approximate surface area is 121 Å². The number of aliphatic hydroxyl groups is 1. The number of hydrogen-bond donors (Lipinski definition) is 2. The number of aliphatic hydroxyl groups excluding tert-OH is 1. The van der Waals surface area contributed by atoms with Gasteiger partial charge in [-0.1, -0.05) is 18.0 Å². The third kappa shape index (κ3) is 4.18. The molecular weight excluding hydrogens is 276 g/mol. The van der Waals surface area contributed by atoms with E-state index >= 15 is 0 Å². The molecule has 0 bridgehead atoms. The number of nitrogens with zero attached hydrogens (tertiary/aromatic N) is 1. The Morgan fingerprint density at radius 1 is 1.35 bits per heavy atom. The zero-order valence-electron chi connectivity index (χ0n) is 11.2. The van der Waals surface area contributed by atoms with E-state index in [0.29, 0.717) is 18.0 Å². The van der Waals surface area contributed by atoms with Crippen molar-refractivity contribution < 1.29 is 14.4 Å². The van der Waals surface area contributed by atoms with Gasteiger partial charge in [-0.15, -0.1) is 0 Å². The van der Waals surface area contributed by atoms with Crippen molar-refractivity contribution in [3.05, 3.63) is 28.6 Å². The molecule has 0 saturated heterocycles. The highest BCUT2D eigenvalue weighted by Crippen LogP contribution is 2.22. The normalized spacial score (nSPS) is 10.7. The quantitative estimate of drug-likeness (QED) is 0.734. The lowest BCUT2D eigenvalue weighted by molar-refractivity contribution is 0.0944. The molecule has 0 aromatic carbocycles. The molecule has 0 aliphatic heterocycles. The first-order valence-electron chi connectivity index (χ1n) is 6.69. The lowest BCUT2D eigenvalue weighted by Gasteiger charge is -2.02. The van der Waals surface area contributed by atoms with Gasteiger partial charge in [-0.05, 0) is 24.3 Å². The SMILES string of the molecule is O=C(NCCCCCCO)c1cc(-c2ccsc2)on1. The van der Waals surface area contributed by atoms with Gasteiger partial charge in [0.05, 0.1) is 0 Å². The van der Waals surface area contributed by atoms with Crippen LogP contribution >= 0.6 is 11.3 Å². The van der Waals surface area contributed by atoms with Crippen molar-refractivity contribution >= 4 is 17.2 Å². The fourth-order valence-corrected chi connectivity index (χ4v) is 2.45. The van der Waals surface area contributed by atoms with Gasteiger partial charge in [0.25, 0.3) is 5.91 Å². The molecule has 6 heteroatoms. The molecule has 0 aliphatic rings. The third-order valence-corrected chi connectivity index (χ3v) is 3.60. The van der Waals surface area contributed by atoms with E-state index in [1.54, 1.807) is 17.4 Å². The van der Waals surface area contributed by atoms with Crippen molar-refractivity contribution in [1.82, 2.24) is 10.5 Å². The van der Waals surface area contributed by atoms with Crippen LogP contribution in [0.4, 0.5) is 0 Å². The summed E-state index contributed by atoms with van der Waals surface area (Å²) in [4.78, 5) is 11.8. The van der Waals surface area contributed by atoms with E-state index in [9.17, 15) is 4.79 Å². The van der Waals surface area contributed by atoms with E-state index < -0.39 is 0 Å². The van der Waals surface area contributed by atoms with Crippen LogP contribution in [-0.2, 0) is 0 Å². The molecule has 2 aromatic heterocycles. The maximum Gasteiger partial charge on any atom is 0.273 e. The molecule has 0 atom stereocenters. The van der Waals surface area contributed by atoms with Crippen molar-refractivity contribution in [3.8, 4) is 11.3 Å². The van der Waals surface area contributed by atoms with Crippen LogP contribution in [0.15, 0.2) is 27.4 Å². The van der Waals surface area contributed by atoms with Gasteiger partial charge in [0, 0.05) is 30.2 Å². The van der Waals surface area contributed by atoms with Crippen LogP contribution in [-0.4, -0.2) is 29.3 Å². The summed E-state index contributed by atoms with van der Waals surface area (Å²) in [6.45, 7) is 0.849. The predicted molar refractivity (Wildman–Crippen MR) is 77.7 cm³/mol. The van der Waals surface area contributed by atoms with Gasteiger partial charge in [0.2, 0.25) is 0 Å². The zero-order valence-corrected chi connectivity index (χ0v) is 12.0. The molecule has 0 radical (unpaired) electrons. The fraction of sp³-hybridized carbons (Fsp3) is 0.429. The number of amides is 1. The summed E-state index contributed by atoms with van der Waals surface area (Å²) in [6.07, 6.45) is 3.71. The number of nitrogens with one attached hydrogen (secondary N) is 1. The van der Waals surface area contributed by atoms with Crippen LogP contribution in [0, 0.1) is 0 Å². The molecule has 2 aromatic rings. The molecule has 1 amide bonds. The van der Waals surface area contributed by atoms with E-state index in [1.165, 1.54) is 0 Å². The Kier molecular flexibility index (Phi) is 5.76. The second-order valence-electron chi connectivity index (χ2n) is 4.48. The Balaban J connectivity index is 1.76. The van der Waals surface area contributed by atoms with Crippen molar-refractivity contribution in [3.63, 3.8) is 0 Å². The Morgan fingerprint density at radius 2 is 2.20 bits per heavy atom. The number of aromatic nitrogens is 1. The summed E-state index contributed by atoms with van der Waals surface area (Å²) >= 11 is 1.57. The molecule has 0 saturated carbocycles. The molecule has 0 spiro atoms. The van der Waals surface area contributed by atoms with Crippen molar-refractivity contribution in [2.24, 2.45) is 0 Å². The topological polar surface area (TPSA) is 75.4 Å². The second kappa shape index (κ2) is 7.81. The Bertz CT molecular complexity index is 522. The zero-order chi connectivity index (χ0) is 14.2. The van der Waals surface area contributed by atoms with Crippen LogP contribution in [0.2, 0.25) is 0 Å². The van der Waals surface area contributed by atoms with Crippen molar-refractivity contribution in [1.29, 1.82) is 0 Å². The van der Waals surface area contributed by atoms with E-state index in [2.05, 4.69) is 10.5 Å². The van der Waals surface area contributed by atoms with Crippen molar-refractivity contribution in [2.75, 3.05) is 13.2 Å². The molecule has 2 heterocycles.